The van der Waals surface area contributed by atoms with Crippen LogP contribution in [0.2, 0.25) is 0 Å². The number of benzene rings is 1. The number of hydrogen-bond donors (Lipinski definition) is 2. The molecule has 100 valence electrons. The van der Waals surface area contributed by atoms with Crippen molar-refractivity contribution in [2.45, 2.75) is 39.5 Å². The van der Waals surface area contributed by atoms with E-state index >= 15 is 0 Å². The predicted molar refractivity (Wildman–Crippen MR) is 70.2 cm³/mol. The first-order valence-corrected chi connectivity index (χ1v) is 6.00. The zero-order chi connectivity index (χ0) is 13.7. The van der Waals surface area contributed by atoms with Crippen LogP contribution in [0, 0.1) is 13.8 Å². The standard InChI is InChI=1S/C14H21NO3/c1-9-5-10(2)7-12(6-9)8-15-13(11(3)16)14(17)18-4/h5-7,11,13,15-16H,8H2,1-4H3/t11-,13+/m1/s1. The van der Waals surface area contributed by atoms with Crippen molar-refractivity contribution in [3.63, 3.8) is 0 Å². The number of aryl methyl sites for hydroxylation is 2. The maximum absolute atomic E-state index is 11.5. The lowest BCUT2D eigenvalue weighted by Crippen LogP contribution is -2.45. The Morgan fingerprint density at radius 3 is 2.33 bits per heavy atom. The quantitative estimate of drug-likeness (QED) is 0.775. The highest BCUT2D eigenvalue weighted by molar-refractivity contribution is 5.76. The highest BCUT2D eigenvalue weighted by Gasteiger charge is 2.23. The summed E-state index contributed by atoms with van der Waals surface area (Å²) in [7, 11) is 1.32. The fraction of sp³-hybridized carbons (Fsp3) is 0.500. The Kier molecular flexibility index (Phi) is 5.31. The van der Waals surface area contributed by atoms with Gasteiger partial charge in [-0.3, -0.25) is 10.1 Å². The second-order valence-corrected chi connectivity index (χ2v) is 4.62. The van der Waals surface area contributed by atoms with Gasteiger partial charge in [0.05, 0.1) is 13.2 Å². The van der Waals surface area contributed by atoms with Crippen LogP contribution in [-0.4, -0.2) is 30.3 Å². The van der Waals surface area contributed by atoms with Crippen molar-refractivity contribution in [3.05, 3.63) is 34.9 Å². The van der Waals surface area contributed by atoms with Crippen molar-refractivity contribution >= 4 is 5.97 Å². The molecular formula is C14H21NO3. The third kappa shape index (κ3) is 4.13. The number of carbonyl (C=O) groups excluding carboxylic acids is 1. The monoisotopic (exact) mass is 251 g/mol. The topological polar surface area (TPSA) is 58.6 Å². The van der Waals surface area contributed by atoms with Gasteiger partial charge in [-0.25, -0.2) is 0 Å². The number of carbonyl (C=O) groups is 1. The molecule has 0 saturated heterocycles. The van der Waals surface area contributed by atoms with Crippen molar-refractivity contribution in [1.29, 1.82) is 0 Å². The zero-order valence-electron chi connectivity index (χ0n) is 11.4. The van der Waals surface area contributed by atoms with E-state index < -0.39 is 18.1 Å². The first kappa shape index (κ1) is 14.7. The molecule has 1 aromatic carbocycles. The number of methoxy groups -OCH3 is 1. The van der Waals surface area contributed by atoms with E-state index in [9.17, 15) is 9.90 Å². The highest BCUT2D eigenvalue weighted by atomic mass is 16.5. The molecule has 0 spiro atoms. The minimum absolute atomic E-state index is 0.450. The molecule has 0 amide bonds. The Morgan fingerprint density at radius 1 is 1.33 bits per heavy atom. The van der Waals surface area contributed by atoms with Crippen LogP contribution in [0.4, 0.5) is 0 Å². The Labute approximate surface area is 108 Å². The summed E-state index contributed by atoms with van der Waals surface area (Å²) >= 11 is 0. The maximum atomic E-state index is 11.5. The van der Waals surface area contributed by atoms with Crippen LogP contribution in [0.15, 0.2) is 18.2 Å². The van der Waals surface area contributed by atoms with Crippen LogP contribution < -0.4 is 5.32 Å². The van der Waals surface area contributed by atoms with Crippen LogP contribution in [-0.2, 0) is 16.1 Å². The molecule has 4 nitrogen and oxygen atoms in total. The van der Waals surface area contributed by atoms with Gasteiger partial charge in [0.15, 0.2) is 0 Å². The lowest BCUT2D eigenvalue weighted by Gasteiger charge is -2.19. The third-order valence-electron chi connectivity index (χ3n) is 2.75. The number of aliphatic hydroxyl groups is 1. The van der Waals surface area contributed by atoms with Gasteiger partial charge < -0.3 is 9.84 Å². The molecule has 18 heavy (non-hydrogen) atoms. The van der Waals surface area contributed by atoms with E-state index in [1.54, 1.807) is 6.92 Å². The molecule has 0 saturated carbocycles. The molecule has 0 aliphatic rings. The van der Waals surface area contributed by atoms with Crippen molar-refractivity contribution in [3.8, 4) is 0 Å². The van der Waals surface area contributed by atoms with Crippen LogP contribution >= 0.6 is 0 Å². The lowest BCUT2D eigenvalue weighted by molar-refractivity contribution is -0.145. The van der Waals surface area contributed by atoms with Gasteiger partial charge in [-0.2, -0.15) is 0 Å². The largest absolute Gasteiger partial charge is 0.468 e. The summed E-state index contributed by atoms with van der Waals surface area (Å²) in [5, 5.41) is 12.6. The van der Waals surface area contributed by atoms with Gasteiger partial charge in [-0.1, -0.05) is 29.3 Å². The van der Waals surface area contributed by atoms with E-state index in [1.807, 2.05) is 13.8 Å². The second kappa shape index (κ2) is 6.52. The van der Waals surface area contributed by atoms with Crippen molar-refractivity contribution < 1.29 is 14.6 Å². The average Bonchev–Trinajstić information content (AvgIpc) is 2.27. The zero-order valence-corrected chi connectivity index (χ0v) is 11.4. The molecule has 0 unspecified atom stereocenters. The average molecular weight is 251 g/mol. The van der Waals surface area contributed by atoms with Gasteiger partial charge in [-0.15, -0.1) is 0 Å². The SMILES string of the molecule is COC(=O)[C@@H](NCc1cc(C)cc(C)c1)[C@@H](C)O. The van der Waals surface area contributed by atoms with Gasteiger partial charge in [0.25, 0.3) is 0 Å². The van der Waals surface area contributed by atoms with Crippen LogP contribution in [0.25, 0.3) is 0 Å². The molecule has 0 aliphatic carbocycles. The van der Waals surface area contributed by atoms with Crippen LogP contribution in [0.3, 0.4) is 0 Å². The number of rotatable bonds is 5. The van der Waals surface area contributed by atoms with E-state index in [1.165, 1.54) is 18.2 Å². The molecule has 2 atom stereocenters. The Bertz CT molecular complexity index is 395. The van der Waals surface area contributed by atoms with Crippen molar-refractivity contribution in [2.75, 3.05) is 7.11 Å². The number of esters is 1. The molecule has 0 fully saturated rings. The minimum atomic E-state index is -0.789. The predicted octanol–water partition coefficient (Wildman–Crippen LogP) is 1.32. The van der Waals surface area contributed by atoms with Crippen LogP contribution in [0.5, 0.6) is 0 Å². The molecular weight excluding hydrogens is 230 g/mol. The number of ether oxygens (including phenoxy) is 1. The summed E-state index contributed by atoms with van der Waals surface area (Å²) in [5.41, 5.74) is 3.44. The van der Waals surface area contributed by atoms with Gasteiger partial charge in [-0.05, 0) is 26.3 Å². The van der Waals surface area contributed by atoms with Gasteiger partial charge in [0.1, 0.15) is 6.04 Å². The summed E-state index contributed by atoms with van der Waals surface area (Å²) < 4.78 is 4.65. The van der Waals surface area contributed by atoms with Crippen molar-refractivity contribution in [2.24, 2.45) is 0 Å². The Hall–Kier alpha value is -1.39. The third-order valence-corrected chi connectivity index (χ3v) is 2.75. The first-order chi connectivity index (χ1) is 8.43. The summed E-state index contributed by atoms with van der Waals surface area (Å²) in [4.78, 5) is 11.5. The first-order valence-electron chi connectivity index (χ1n) is 6.00. The van der Waals surface area contributed by atoms with E-state index in [0.717, 1.165) is 5.56 Å². The molecule has 1 aromatic rings. The van der Waals surface area contributed by atoms with Crippen LogP contribution in [0.1, 0.15) is 23.6 Å². The summed E-state index contributed by atoms with van der Waals surface area (Å²) in [6.45, 7) is 6.15. The molecule has 0 aliphatic heterocycles. The number of aliphatic hydroxyl groups excluding tert-OH is 1. The molecule has 2 N–H and O–H groups in total. The van der Waals surface area contributed by atoms with Crippen molar-refractivity contribution in [1.82, 2.24) is 5.32 Å². The fourth-order valence-electron chi connectivity index (χ4n) is 1.98. The molecule has 1 rings (SSSR count). The summed E-state index contributed by atoms with van der Waals surface area (Å²) in [5.74, 6) is -0.450. The van der Waals surface area contributed by atoms with Gasteiger partial charge in [0, 0.05) is 6.54 Å². The smallest absolute Gasteiger partial charge is 0.325 e. The Morgan fingerprint density at radius 2 is 1.89 bits per heavy atom. The maximum Gasteiger partial charge on any atom is 0.325 e. The molecule has 0 heterocycles. The van der Waals surface area contributed by atoms with E-state index in [0.29, 0.717) is 6.54 Å². The molecule has 0 radical (unpaired) electrons. The van der Waals surface area contributed by atoms with E-state index in [4.69, 9.17) is 0 Å². The fourth-order valence-corrected chi connectivity index (χ4v) is 1.98. The van der Waals surface area contributed by atoms with Gasteiger partial charge >= 0.3 is 5.97 Å². The van der Waals surface area contributed by atoms with E-state index in [-0.39, 0.29) is 0 Å². The Balaban J connectivity index is 2.69. The number of hydrogen-bond acceptors (Lipinski definition) is 4. The minimum Gasteiger partial charge on any atom is -0.468 e. The molecule has 4 heteroatoms. The lowest BCUT2D eigenvalue weighted by atomic mass is 10.1. The molecule has 0 aromatic heterocycles. The highest BCUT2D eigenvalue weighted by Crippen LogP contribution is 2.09. The van der Waals surface area contributed by atoms with Gasteiger partial charge in [0.2, 0.25) is 0 Å². The summed E-state index contributed by atoms with van der Waals surface area (Å²) in [6.07, 6.45) is -0.789. The second-order valence-electron chi connectivity index (χ2n) is 4.62. The molecule has 0 bridgehead atoms. The number of nitrogens with one attached hydrogen (secondary N) is 1. The summed E-state index contributed by atoms with van der Waals surface area (Å²) in [6, 6.07) is 5.50. The van der Waals surface area contributed by atoms with E-state index in [2.05, 4.69) is 28.3 Å². The normalized spacial score (nSPS) is 14.1.